The second-order valence-corrected chi connectivity index (χ2v) is 5.35. The summed E-state index contributed by atoms with van der Waals surface area (Å²) < 4.78 is 0.812. The molecule has 18 heavy (non-hydrogen) atoms. The lowest BCUT2D eigenvalue weighted by Gasteiger charge is -2.11. The fourth-order valence-electron chi connectivity index (χ4n) is 1.63. The lowest BCUT2D eigenvalue weighted by Crippen LogP contribution is -2.14. The lowest BCUT2D eigenvalue weighted by molar-refractivity contribution is -0.116. The van der Waals surface area contributed by atoms with Crippen molar-refractivity contribution in [3.05, 3.63) is 22.7 Å². The van der Waals surface area contributed by atoms with Gasteiger partial charge in [0.05, 0.1) is 5.69 Å². The van der Waals surface area contributed by atoms with E-state index in [1.807, 2.05) is 0 Å². The summed E-state index contributed by atoms with van der Waals surface area (Å²) in [6.45, 7) is 2.73. The minimum absolute atomic E-state index is 0.0709. The van der Waals surface area contributed by atoms with E-state index in [2.05, 4.69) is 28.2 Å². The number of hydrogen-bond donors (Lipinski definition) is 3. The van der Waals surface area contributed by atoms with Gasteiger partial charge < -0.3 is 16.2 Å². The molecule has 5 heteroatoms. The van der Waals surface area contributed by atoms with Gasteiger partial charge in [-0.15, -0.1) is 0 Å². The Balaban J connectivity index is 2.47. The standard InChI is InChI=1S/C13H19BrN2O2/c1-9(6-7-15)2-5-13(18)16-11-8-10(14)3-4-12(11)17/h3-4,8-9,17H,2,5-7,15H2,1H3,(H,16,18). The van der Waals surface area contributed by atoms with Crippen molar-refractivity contribution in [3.8, 4) is 5.75 Å². The summed E-state index contributed by atoms with van der Waals surface area (Å²) in [6.07, 6.45) is 2.17. The molecule has 1 amide bonds. The molecule has 0 fully saturated rings. The third-order valence-electron chi connectivity index (χ3n) is 2.76. The van der Waals surface area contributed by atoms with Crippen LogP contribution in [-0.2, 0) is 4.79 Å². The van der Waals surface area contributed by atoms with Crippen molar-refractivity contribution in [1.29, 1.82) is 0 Å². The van der Waals surface area contributed by atoms with Gasteiger partial charge in [0.1, 0.15) is 5.75 Å². The van der Waals surface area contributed by atoms with Gasteiger partial charge in [0.2, 0.25) is 5.91 Å². The van der Waals surface area contributed by atoms with E-state index in [9.17, 15) is 9.90 Å². The Hall–Kier alpha value is -1.07. The topological polar surface area (TPSA) is 75.4 Å². The zero-order chi connectivity index (χ0) is 13.5. The van der Waals surface area contributed by atoms with Crippen LogP contribution in [0.15, 0.2) is 22.7 Å². The zero-order valence-corrected chi connectivity index (χ0v) is 12.0. The number of aromatic hydroxyl groups is 1. The summed E-state index contributed by atoms with van der Waals surface area (Å²) in [6, 6.07) is 4.93. The molecule has 0 saturated carbocycles. The molecule has 0 spiro atoms. The largest absolute Gasteiger partial charge is 0.506 e. The van der Waals surface area contributed by atoms with Gasteiger partial charge in [0.15, 0.2) is 0 Å². The molecule has 0 bridgehead atoms. The van der Waals surface area contributed by atoms with Gasteiger partial charge in [-0.1, -0.05) is 22.9 Å². The van der Waals surface area contributed by atoms with Crippen LogP contribution in [0.1, 0.15) is 26.2 Å². The monoisotopic (exact) mass is 314 g/mol. The van der Waals surface area contributed by atoms with Crippen molar-refractivity contribution in [2.24, 2.45) is 11.7 Å². The molecule has 0 aliphatic carbocycles. The molecule has 0 aromatic heterocycles. The smallest absolute Gasteiger partial charge is 0.224 e. The number of amides is 1. The summed E-state index contributed by atoms with van der Waals surface area (Å²) >= 11 is 3.29. The first-order chi connectivity index (χ1) is 8.52. The number of phenolic OH excluding ortho intramolecular Hbond substituents is 1. The van der Waals surface area contributed by atoms with Crippen LogP contribution >= 0.6 is 15.9 Å². The first-order valence-corrected chi connectivity index (χ1v) is 6.80. The van der Waals surface area contributed by atoms with Gasteiger partial charge in [0, 0.05) is 10.9 Å². The molecular formula is C13H19BrN2O2. The number of nitrogens with one attached hydrogen (secondary N) is 1. The number of rotatable bonds is 6. The number of anilines is 1. The minimum atomic E-state index is -0.0905. The first-order valence-electron chi connectivity index (χ1n) is 6.01. The number of nitrogens with two attached hydrogens (primary N) is 1. The molecule has 1 rings (SSSR count). The van der Waals surface area contributed by atoms with E-state index in [4.69, 9.17) is 5.73 Å². The Labute approximate surface area is 116 Å². The SMILES string of the molecule is CC(CCN)CCC(=O)Nc1cc(Br)ccc1O. The van der Waals surface area contributed by atoms with Crippen molar-refractivity contribution >= 4 is 27.5 Å². The normalized spacial score (nSPS) is 12.2. The van der Waals surface area contributed by atoms with Crippen LogP contribution in [0.3, 0.4) is 0 Å². The molecule has 1 unspecified atom stereocenters. The summed E-state index contributed by atoms with van der Waals surface area (Å²) in [5, 5.41) is 12.3. The maximum atomic E-state index is 11.7. The molecule has 0 radical (unpaired) electrons. The van der Waals surface area contributed by atoms with Crippen LogP contribution < -0.4 is 11.1 Å². The van der Waals surface area contributed by atoms with E-state index in [0.29, 0.717) is 24.6 Å². The molecule has 0 aliphatic heterocycles. The van der Waals surface area contributed by atoms with E-state index in [1.165, 1.54) is 6.07 Å². The molecule has 4 nitrogen and oxygen atoms in total. The molecule has 100 valence electrons. The van der Waals surface area contributed by atoms with E-state index in [0.717, 1.165) is 17.3 Å². The number of benzene rings is 1. The van der Waals surface area contributed by atoms with E-state index >= 15 is 0 Å². The summed E-state index contributed by atoms with van der Waals surface area (Å²) in [4.78, 5) is 11.7. The molecule has 0 saturated heterocycles. The first kappa shape index (κ1) is 15.0. The zero-order valence-electron chi connectivity index (χ0n) is 10.4. The van der Waals surface area contributed by atoms with E-state index in [1.54, 1.807) is 12.1 Å². The van der Waals surface area contributed by atoms with Gasteiger partial charge in [0.25, 0.3) is 0 Å². The maximum absolute atomic E-state index is 11.7. The Morgan fingerprint density at radius 1 is 1.50 bits per heavy atom. The molecular weight excluding hydrogens is 296 g/mol. The van der Waals surface area contributed by atoms with Gasteiger partial charge >= 0.3 is 0 Å². The Bertz CT molecular complexity index is 410. The Morgan fingerprint density at radius 2 is 2.22 bits per heavy atom. The third-order valence-corrected chi connectivity index (χ3v) is 3.25. The predicted molar refractivity (Wildman–Crippen MR) is 76.5 cm³/mol. The van der Waals surface area contributed by atoms with Crippen LogP contribution in [0.5, 0.6) is 5.75 Å². The van der Waals surface area contributed by atoms with Gasteiger partial charge in [-0.25, -0.2) is 0 Å². The quantitative estimate of drug-likeness (QED) is 0.707. The fraction of sp³-hybridized carbons (Fsp3) is 0.462. The highest BCUT2D eigenvalue weighted by Crippen LogP contribution is 2.27. The molecule has 1 aromatic rings. The minimum Gasteiger partial charge on any atom is -0.506 e. The van der Waals surface area contributed by atoms with Crippen molar-refractivity contribution < 1.29 is 9.90 Å². The average molecular weight is 315 g/mol. The lowest BCUT2D eigenvalue weighted by atomic mass is 10.0. The number of carbonyl (C=O) groups is 1. The summed E-state index contributed by atoms with van der Waals surface area (Å²) in [5.41, 5.74) is 5.89. The van der Waals surface area contributed by atoms with Crippen LogP contribution in [0.2, 0.25) is 0 Å². The predicted octanol–water partition coefficient (Wildman–Crippen LogP) is 2.86. The van der Waals surface area contributed by atoms with Crippen LogP contribution in [-0.4, -0.2) is 17.6 Å². The van der Waals surface area contributed by atoms with Crippen LogP contribution in [0.4, 0.5) is 5.69 Å². The molecule has 0 aliphatic rings. The molecule has 0 heterocycles. The Morgan fingerprint density at radius 3 is 2.89 bits per heavy atom. The maximum Gasteiger partial charge on any atom is 0.224 e. The molecule has 1 aromatic carbocycles. The van der Waals surface area contributed by atoms with Crippen molar-refractivity contribution in [2.45, 2.75) is 26.2 Å². The molecule has 4 N–H and O–H groups in total. The summed E-state index contributed by atoms with van der Waals surface area (Å²) in [5.74, 6) is 0.422. The van der Waals surface area contributed by atoms with Crippen molar-refractivity contribution in [3.63, 3.8) is 0 Å². The van der Waals surface area contributed by atoms with Crippen LogP contribution in [0, 0.1) is 5.92 Å². The fourth-order valence-corrected chi connectivity index (χ4v) is 1.99. The highest BCUT2D eigenvalue weighted by atomic mass is 79.9. The highest BCUT2D eigenvalue weighted by Gasteiger charge is 2.09. The number of phenols is 1. The number of carbonyl (C=O) groups excluding carboxylic acids is 1. The van der Waals surface area contributed by atoms with Gasteiger partial charge in [-0.2, -0.15) is 0 Å². The second-order valence-electron chi connectivity index (χ2n) is 4.43. The van der Waals surface area contributed by atoms with E-state index < -0.39 is 0 Å². The highest BCUT2D eigenvalue weighted by molar-refractivity contribution is 9.10. The van der Waals surface area contributed by atoms with Crippen LogP contribution in [0.25, 0.3) is 0 Å². The van der Waals surface area contributed by atoms with Crippen molar-refractivity contribution in [1.82, 2.24) is 0 Å². The second kappa shape index (κ2) is 7.38. The number of halogens is 1. The average Bonchev–Trinajstić information content (AvgIpc) is 2.32. The van der Waals surface area contributed by atoms with E-state index in [-0.39, 0.29) is 11.7 Å². The molecule has 1 atom stereocenters. The van der Waals surface area contributed by atoms with Gasteiger partial charge in [-0.05, 0) is 43.5 Å². The third kappa shape index (κ3) is 5.06. The number of hydrogen-bond acceptors (Lipinski definition) is 3. The van der Waals surface area contributed by atoms with Crippen molar-refractivity contribution in [2.75, 3.05) is 11.9 Å². The Kier molecular flexibility index (Phi) is 6.15. The summed E-state index contributed by atoms with van der Waals surface area (Å²) in [7, 11) is 0. The van der Waals surface area contributed by atoms with Gasteiger partial charge in [-0.3, -0.25) is 4.79 Å².